The molecule has 1 atom stereocenters. The van der Waals surface area contributed by atoms with Crippen LogP contribution < -0.4 is 5.32 Å². The van der Waals surface area contributed by atoms with E-state index in [0.29, 0.717) is 6.04 Å². The molecule has 0 aromatic rings. The van der Waals surface area contributed by atoms with Gasteiger partial charge in [0, 0.05) is 24.7 Å². The van der Waals surface area contributed by atoms with Gasteiger partial charge in [0.25, 0.3) is 0 Å². The summed E-state index contributed by atoms with van der Waals surface area (Å²) in [6.45, 7) is 13.9. The topological polar surface area (TPSA) is 15.3 Å². The average molecular weight is 196 g/mol. The minimum Gasteiger partial charge on any atom is -0.311 e. The molecule has 1 saturated heterocycles. The molecule has 1 unspecified atom stereocenters. The molecule has 1 heterocycles. The molecule has 1 aliphatic heterocycles. The molecule has 0 spiro atoms. The predicted molar refractivity (Wildman–Crippen MR) is 62.5 cm³/mol. The highest BCUT2D eigenvalue weighted by Crippen LogP contribution is 2.16. The van der Waals surface area contributed by atoms with E-state index in [1.54, 1.807) is 0 Å². The third kappa shape index (κ3) is 3.81. The van der Waals surface area contributed by atoms with Gasteiger partial charge in [-0.15, -0.1) is 6.58 Å². The SMILES string of the molecule is C=CCN1CCCC1CNC(C)(C)C. The molecular formula is C12H24N2. The highest BCUT2D eigenvalue weighted by atomic mass is 15.2. The van der Waals surface area contributed by atoms with E-state index < -0.39 is 0 Å². The molecule has 1 rings (SSSR count). The van der Waals surface area contributed by atoms with Crippen LogP contribution in [0.4, 0.5) is 0 Å². The average Bonchev–Trinajstić information content (AvgIpc) is 2.48. The van der Waals surface area contributed by atoms with Crippen LogP contribution >= 0.6 is 0 Å². The normalized spacial score (nSPS) is 24.1. The Bertz CT molecular complexity index is 181. The van der Waals surface area contributed by atoms with Crippen LogP contribution in [0.1, 0.15) is 33.6 Å². The summed E-state index contributed by atoms with van der Waals surface area (Å²) in [6, 6.07) is 0.715. The van der Waals surface area contributed by atoms with E-state index in [0.717, 1.165) is 13.1 Å². The zero-order valence-electron chi connectivity index (χ0n) is 9.84. The van der Waals surface area contributed by atoms with Gasteiger partial charge in [-0.1, -0.05) is 6.08 Å². The van der Waals surface area contributed by atoms with Crippen molar-refractivity contribution < 1.29 is 0 Å². The summed E-state index contributed by atoms with van der Waals surface area (Å²) in [5.41, 5.74) is 0.239. The molecular weight excluding hydrogens is 172 g/mol. The van der Waals surface area contributed by atoms with Gasteiger partial charge in [0.15, 0.2) is 0 Å². The van der Waals surface area contributed by atoms with Crippen molar-refractivity contribution in [1.29, 1.82) is 0 Å². The summed E-state index contributed by atoms with van der Waals surface area (Å²) in [7, 11) is 0. The standard InChI is InChI=1S/C12H24N2/c1-5-8-14-9-6-7-11(14)10-13-12(2,3)4/h5,11,13H,1,6-10H2,2-4H3. The Morgan fingerprint density at radius 3 is 2.79 bits per heavy atom. The monoisotopic (exact) mass is 196 g/mol. The van der Waals surface area contributed by atoms with Crippen LogP contribution in [0.5, 0.6) is 0 Å². The molecule has 2 heteroatoms. The smallest absolute Gasteiger partial charge is 0.0224 e. The van der Waals surface area contributed by atoms with E-state index in [1.165, 1.54) is 19.4 Å². The molecule has 0 amide bonds. The molecule has 0 radical (unpaired) electrons. The van der Waals surface area contributed by atoms with Gasteiger partial charge in [0.2, 0.25) is 0 Å². The summed E-state index contributed by atoms with van der Waals surface area (Å²) in [4.78, 5) is 2.52. The third-order valence-corrected chi connectivity index (χ3v) is 2.73. The maximum Gasteiger partial charge on any atom is 0.0224 e. The number of hydrogen-bond acceptors (Lipinski definition) is 2. The lowest BCUT2D eigenvalue weighted by Crippen LogP contribution is -2.45. The molecule has 2 nitrogen and oxygen atoms in total. The second-order valence-corrected chi connectivity index (χ2v) is 5.21. The molecule has 1 N–H and O–H groups in total. The zero-order chi connectivity index (χ0) is 10.6. The number of nitrogens with zero attached hydrogens (tertiary/aromatic N) is 1. The fourth-order valence-electron chi connectivity index (χ4n) is 1.96. The zero-order valence-corrected chi connectivity index (χ0v) is 9.84. The van der Waals surface area contributed by atoms with Crippen molar-refractivity contribution >= 4 is 0 Å². The van der Waals surface area contributed by atoms with Crippen molar-refractivity contribution in [1.82, 2.24) is 10.2 Å². The van der Waals surface area contributed by atoms with E-state index in [4.69, 9.17) is 0 Å². The van der Waals surface area contributed by atoms with Gasteiger partial charge in [-0.25, -0.2) is 0 Å². The first-order valence-electron chi connectivity index (χ1n) is 5.63. The van der Waals surface area contributed by atoms with Crippen LogP contribution in [0.15, 0.2) is 12.7 Å². The first-order valence-corrected chi connectivity index (χ1v) is 5.63. The summed E-state index contributed by atoms with van der Waals surface area (Å²) in [5.74, 6) is 0. The van der Waals surface area contributed by atoms with Crippen LogP contribution in [-0.2, 0) is 0 Å². The lowest BCUT2D eigenvalue weighted by atomic mass is 10.1. The summed E-state index contributed by atoms with van der Waals surface area (Å²) < 4.78 is 0. The number of hydrogen-bond donors (Lipinski definition) is 1. The molecule has 0 aliphatic carbocycles. The highest BCUT2D eigenvalue weighted by Gasteiger charge is 2.24. The number of rotatable bonds is 4. The minimum absolute atomic E-state index is 0.239. The minimum atomic E-state index is 0.239. The van der Waals surface area contributed by atoms with Crippen molar-refractivity contribution in [3.8, 4) is 0 Å². The van der Waals surface area contributed by atoms with Crippen LogP contribution in [-0.4, -0.2) is 36.1 Å². The van der Waals surface area contributed by atoms with Gasteiger partial charge >= 0.3 is 0 Å². The Morgan fingerprint density at radius 2 is 2.21 bits per heavy atom. The Hall–Kier alpha value is -0.340. The Kier molecular flexibility index (Phi) is 4.14. The molecule has 1 fully saturated rings. The molecule has 0 bridgehead atoms. The summed E-state index contributed by atoms with van der Waals surface area (Å²) in [6.07, 6.45) is 4.68. The fourth-order valence-corrected chi connectivity index (χ4v) is 1.96. The fraction of sp³-hybridized carbons (Fsp3) is 0.833. The van der Waals surface area contributed by atoms with Gasteiger partial charge in [-0.2, -0.15) is 0 Å². The lowest BCUT2D eigenvalue weighted by Gasteiger charge is -2.28. The van der Waals surface area contributed by atoms with Gasteiger partial charge < -0.3 is 5.32 Å². The quantitative estimate of drug-likeness (QED) is 0.692. The second kappa shape index (κ2) is 4.94. The summed E-state index contributed by atoms with van der Waals surface area (Å²) in [5, 5.41) is 3.58. The van der Waals surface area contributed by atoms with Gasteiger partial charge in [-0.05, 0) is 40.2 Å². The van der Waals surface area contributed by atoms with Crippen LogP contribution in [0.3, 0.4) is 0 Å². The Labute approximate surface area is 88.4 Å². The maximum absolute atomic E-state index is 3.81. The van der Waals surface area contributed by atoms with E-state index in [2.05, 4.69) is 37.6 Å². The second-order valence-electron chi connectivity index (χ2n) is 5.21. The van der Waals surface area contributed by atoms with Gasteiger partial charge in [0.1, 0.15) is 0 Å². The van der Waals surface area contributed by atoms with E-state index in [9.17, 15) is 0 Å². The largest absolute Gasteiger partial charge is 0.311 e. The molecule has 0 aromatic heterocycles. The third-order valence-electron chi connectivity index (χ3n) is 2.73. The van der Waals surface area contributed by atoms with Gasteiger partial charge in [-0.3, -0.25) is 4.90 Å². The van der Waals surface area contributed by atoms with Crippen LogP contribution in [0, 0.1) is 0 Å². The van der Waals surface area contributed by atoms with Crippen molar-refractivity contribution in [3.05, 3.63) is 12.7 Å². The molecule has 82 valence electrons. The van der Waals surface area contributed by atoms with E-state index in [1.807, 2.05) is 6.08 Å². The first-order chi connectivity index (χ1) is 6.53. The van der Waals surface area contributed by atoms with Crippen LogP contribution in [0.2, 0.25) is 0 Å². The van der Waals surface area contributed by atoms with E-state index >= 15 is 0 Å². The van der Waals surface area contributed by atoms with Crippen molar-refractivity contribution in [3.63, 3.8) is 0 Å². The number of likely N-dealkylation sites (tertiary alicyclic amines) is 1. The summed E-state index contributed by atoms with van der Waals surface area (Å²) >= 11 is 0. The molecule has 0 aromatic carbocycles. The first kappa shape index (κ1) is 11.7. The van der Waals surface area contributed by atoms with Crippen molar-refractivity contribution in [2.75, 3.05) is 19.6 Å². The predicted octanol–water partition coefficient (Wildman–Crippen LogP) is 2.02. The molecule has 1 aliphatic rings. The molecule has 14 heavy (non-hydrogen) atoms. The van der Waals surface area contributed by atoms with Crippen molar-refractivity contribution in [2.24, 2.45) is 0 Å². The van der Waals surface area contributed by atoms with Gasteiger partial charge in [0.05, 0.1) is 0 Å². The number of nitrogens with one attached hydrogen (secondary N) is 1. The Morgan fingerprint density at radius 1 is 1.50 bits per heavy atom. The maximum atomic E-state index is 3.81. The van der Waals surface area contributed by atoms with Crippen LogP contribution in [0.25, 0.3) is 0 Å². The van der Waals surface area contributed by atoms with Crippen molar-refractivity contribution in [2.45, 2.75) is 45.2 Å². The lowest BCUT2D eigenvalue weighted by molar-refractivity contribution is 0.254. The molecule has 0 saturated carbocycles. The Balaban J connectivity index is 2.32. The van der Waals surface area contributed by atoms with E-state index in [-0.39, 0.29) is 5.54 Å². The highest BCUT2D eigenvalue weighted by molar-refractivity contribution is 4.87.